The summed E-state index contributed by atoms with van der Waals surface area (Å²) in [4.78, 5) is 7.89. The van der Waals surface area contributed by atoms with E-state index in [1.807, 2.05) is 0 Å². The summed E-state index contributed by atoms with van der Waals surface area (Å²) in [5.74, 6) is -2.10. The van der Waals surface area contributed by atoms with Gasteiger partial charge >= 0.3 is 6.36 Å². The molecule has 32 heavy (non-hydrogen) atoms. The molecule has 7 nitrogen and oxygen atoms in total. The summed E-state index contributed by atoms with van der Waals surface area (Å²) < 4.78 is 90.3. The molecule has 3 heterocycles. The van der Waals surface area contributed by atoms with Crippen LogP contribution in [0.5, 0.6) is 11.5 Å². The maximum atomic E-state index is 14.6. The fraction of sp³-hybridized carbons (Fsp3) is 0.200. The van der Waals surface area contributed by atoms with Crippen molar-refractivity contribution < 1.29 is 35.5 Å². The first-order valence-electron chi connectivity index (χ1n) is 9.19. The molecule has 168 valence electrons. The second kappa shape index (κ2) is 8.02. The molecule has 1 atom stereocenters. The smallest absolute Gasteiger partial charge is 0.491 e. The van der Waals surface area contributed by atoms with Crippen molar-refractivity contribution in [3.8, 4) is 11.5 Å². The van der Waals surface area contributed by atoms with Crippen LogP contribution in [0, 0.1) is 5.82 Å². The first-order chi connectivity index (χ1) is 15.1. The molecular weight excluding hydrogens is 454 g/mol. The summed E-state index contributed by atoms with van der Waals surface area (Å²) in [6.07, 6.45) is -1.16. The zero-order chi connectivity index (χ0) is 23.0. The van der Waals surface area contributed by atoms with Crippen LogP contribution in [0.2, 0.25) is 0 Å². The van der Waals surface area contributed by atoms with Gasteiger partial charge in [0.05, 0.1) is 6.61 Å². The van der Waals surface area contributed by atoms with Gasteiger partial charge in [-0.05, 0) is 42.0 Å². The van der Waals surface area contributed by atoms with Gasteiger partial charge in [0.25, 0.3) is 0 Å². The molecule has 1 aromatic carbocycles. The van der Waals surface area contributed by atoms with Gasteiger partial charge in [0.2, 0.25) is 10.0 Å². The number of nitrogens with one attached hydrogen (secondary N) is 1. The zero-order valence-electron chi connectivity index (χ0n) is 16.1. The number of fused-ring (bicyclic) bond motifs is 1. The third-order valence-corrected chi connectivity index (χ3v) is 6.29. The van der Waals surface area contributed by atoms with Gasteiger partial charge < -0.3 is 9.47 Å². The fourth-order valence-electron chi connectivity index (χ4n) is 3.47. The van der Waals surface area contributed by atoms with Gasteiger partial charge in [0.1, 0.15) is 21.9 Å². The van der Waals surface area contributed by atoms with Crippen molar-refractivity contribution in [2.45, 2.75) is 23.2 Å². The van der Waals surface area contributed by atoms with E-state index in [4.69, 9.17) is 4.74 Å². The van der Waals surface area contributed by atoms with Crippen LogP contribution < -0.4 is 14.2 Å². The van der Waals surface area contributed by atoms with Gasteiger partial charge in [-0.3, -0.25) is 9.97 Å². The predicted molar refractivity (Wildman–Crippen MR) is 103 cm³/mol. The number of aromatic nitrogens is 2. The number of sulfonamides is 1. The van der Waals surface area contributed by atoms with Crippen LogP contribution in [0.15, 0.2) is 66.0 Å². The van der Waals surface area contributed by atoms with E-state index in [-0.39, 0.29) is 34.9 Å². The van der Waals surface area contributed by atoms with Crippen molar-refractivity contribution in [1.29, 1.82) is 0 Å². The molecule has 0 fully saturated rings. The zero-order valence-corrected chi connectivity index (χ0v) is 17.0. The van der Waals surface area contributed by atoms with E-state index in [1.54, 1.807) is 12.1 Å². The van der Waals surface area contributed by atoms with E-state index in [9.17, 15) is 26.0 Å². The molecule has 1 aliphatic heterocycles. The third kappa shape index (κ3) is 4.23. The Balaban J connectivity index is 1.86. The number of ether oxygens (including phenoxy) is 2. The maximum absolute atomic E-state index is 14.6. The molecule has 1 N–H and O–H groups in total. The van der Waals surface area contributed by atoms with Crippen LogP contribution in [0.4, 0.5) is 17.6 Å². The SMILES string of the molecule is O=S(=O)(N[C@]1(c2ccc(OC(F)(F)F)c(F)c2)CCOc2cccnc21)c1cccnc1. The molecule has 0 saturated carbocycles. The van der Waals surface area contributed by atoms with E-state index >= 15 is 0 Å². The number of nitrogens with zero attached hydrogens (tertiary/aromatic N) is 2. The summed E-state index contributed by atoms with van der Waals surface area (Å²) >= 11 is 0. The van der Waals surface area contributed by atoms with E-state index in [1.165, 1.54) is 24.5 Å². The molecule has 1 aliphatic rings. The normalized spacial score (nSPS) is 18.5. The standard InChI is InChI=1S/C20H15F4N3O4S/c21-15-11-13(5-6-16(15)31-20(22,23)24)19(7-10-30-17-4-2-9-26-18(17)19)27-32(28,29)14-3-1-8-25-12-14/h1-6,8-9,11-12,27H,7,10H2/t19-/m0/s1. The van der Waals surface area contributed by atoms with Crippen LogP contribution >= 0.6 is 0 Å². The lowest BCUT2D eigenvalue weighted by molar-refractivity contribution is -0.275. The Morgan fingerprint density at radius 3 is 2.59 bits per heavy atom. The second-order valence-corrected chi connectivity index (χ2v) is 8.52. The van der Waals surface area contributed by atoms with Crippen LogP contribution in [0.1, 0.15) is 17.7 Å². The molecule has 4 rings (SSSR count). The Labute approximate surface area is 180 Å². The topological polar surface area (TPSA) is 90.4 Å². The lowest BCUT2D eigenvalue weighted by Gasteiger charge is -2.38. The molecule has 0 spiro atoms. The lowest BCUT2D eigenvalue weighted by atomic mass is 9.82. The number of halogens is 4. The highest BCUT2D eigenvalue weighted by Crippen LogP contribution is 2.42. The number of alkyl halides is 3. The summed E-state index contributed by atoms with van der Waals surface area (Å²) in [6, 6.07) is 8.62. The fourth-order valence-corrected chi connectivity index (χ4v) is 4.82. The van der Waals surface area contributed by atoms with Crippen molar-refractivity contribution in [2.24, 2.45) is 0 Å². The maximum Gasteiger partial charge on any atom is 0.573 e. The van der Waals surface area contributed by atoms with Gasteiger partial charge in [-0.2, -0.15) is 4.72 Å². The molecule has 0 radical (unpaired) electrons. The Morgan fingerprint density at radius 2 is 1.91 bits per heavy atom. The average molecular weight is 469 g/mol. The Morgan fingerprint density at radius 1 is 1.12 bits per heavy atom. The van der Waals surface area contributed by atoms with Crippen LogP contribution in [-0.2, 0) is 15.6 Å². The molecule has 0 saturated heterocycles. The largest absolute Gasteiger partial charge is 0.573 e. The molecular formula is C20H15F4N3O4S. The molecule has 3 aromatic rings. The van der Waals surface area contributed by atoms with Crippen LogP contribution in [0.25, 0.3) is 0 Å². The highest BCUT2D eigenvalue weighted by molar-refractivity contribution is 7.89. The van der Waals surface area contributed by atoms with Crippen molar-refractivity contribution in [3.05, 3.63) is 78.1 Å². The molecule has 0 unspecified atom stereocenters. The Kier molecular flexibility index (Phi) is 5.51. The quantitative estimate of drug-likeness (QED) is 0.575. The monoisotopic (exact) mass is 469 g/mol. The second-order valence-electron chi connectivity index (χ2n) is 6.84. The first-order valence-corrected chi connectivity index (χ1v) is 10.7. The predicted octanol–water partition coefficient (Wildman–Crippen LogP) is 3.52. The minimum absolute atomic E-state index is 0.00454. The number of rotatable bonds is 5. The number of benzene rings is 1. The van der Waals surface area contributed by atoms with Crippen molar-refractivity contribution in [1.82, 2.24) is 14.7 Å². The number of hydrogen-bond acceptors (Lipinski definition) is 6. The van der Waals surface area contributed by atoms with Gasteiger partial charge in [0.15, 0.2) is 11.6 Å². The summed E-state index contributed by atoms with van der Waals surface area (Å²) in [5, 5.41) is 0. The minimum Gasteiger partial charge on any atom is -0.491 e. The minimum atomic E-state index is -5.09. The van der Waals surface area contributed by atoms with Crippen LogP contribution in [0.3, 0.4) is 0 Å². The van der Waals surface area contributed by atoms with Crippen molar-refractivity contribution in [3.63, 3.8) is 0 Å². The molecule has 0 amide bonds. The van der Waals surface area contributed by atoms with E-state index in [2.05, 4.69) is 19.4 Å². The molecule has 0 bridgehead atoms. The van der Waals surface area contributed by atoms with Crippen molar-refractivity contribution in [2.75, 3.05) is 6.61 Å². The summed E-state index contributed by atoms with van der Waals surface area (Å²) in [7, 11) is -4.20. The first kappa shape index (κ1) is 22.0. The van der Waals surface area contributed by atoms with Gasteiger partial charge in [0, 0.05) is 25.0 Å². The third-order valence-electron chi connectivity index (χ3n) is 4.81. The summed E-state index contributed by atoms with van der Waals surface area (Å²) in [6.45, 7) is 0.0384. The molecule has 2 aromatic heterocycles. The van der Waals surface area contributed by atoms with Crippen LogP contribution in [-0.4, -0.2) is 31.4 Å². The van der Waals surface area contributed by atoms with Crippen molar-refractivity contribution >= 4 is 10.0 Å². The number of pyridine rings is 2. The van der Waals surface area contributed by atoms with E-state index < -0.39 is 33.5 Å². The highest BCUT2D eigenvalue weighted by atomic mass is 32.2. The number of hydrogen-bond donors (Lipinski definition) is 1. The van der Waals surface area contributed by atoms with Gasteiger partial charge in [-0.25, -0.2) is 12.8 Å². The molecule has 12 heteroatoms. The summed E-state index contributed by atoms with van der Waals surface area (Å²) in [5.41, 5.74) is -1.45. The Hall–Kier alpha value is -3.25. The lowest BCUT2D eigenvalue weighted by Crippen LogP contribution is -2.50. The van der Waals surface area contributed by atoms with E-state index in [0.29, 0.717) is 0 Å². The molecule has 0 aliphatic carbocycles. The Bertz CT molecular complexity index is 1240. The van der Waals surface area contributed by atoms with Gasteiger partial charge in [-0.15, -0.1) is 13.2 Å². The average Bonchev–Trinajstić information content (AvgIpc) is 2.75. The van der Waals surface area contributed by atoms with E-state index in [0.717, 1.165) is 24.4 Å². The van der Waals surface area contributed by atoms with Gasteiger partial charge in [-0.1, -0.05) is 6.07 Å². The highest BCUT2D eigenvalue weighted by Gasteiger charge is 2.45.